The normalized spacial score (nSPS) is 16.5. The molecule has 0 aliphatic carbocycles. The fourth-order valence-electron chi connectivity index (χ4n) is 2.01. The van der Waals surface area contributed by atoms with E-state index in [4.69, 9.17) is 11.6 Å². The van der Waals surface area contributed by atoms with Crippen molar-refractivity contribution in [2.75, 3.05) is 10.6 Å². The minimum atomic E-state index is -0.751. The summed E-state index contributed by atoms with van der Waals surface area (Å²) in [6.45, 7) is 0. The molecule has 1 atom stereocenters. The summed E-state index contributed by atoms with van der Waals surface area (Å²) in [7, 11) is 0. The maximum atomic E-state index is 13.0. The van der Waals surface area contributed by atoms with Crippen LogP contribution in [0.3, 0.4) is 0 Å². The number of fused-ring (bicyclic) bond motifs is 1. The van der Waals surface area contributed by atoms with Gasteiger partial charge in [0.25, 0.3) is 5.91 Å². The highest BCUT2D eigenvalue weighted by atomic mass is 35.5. The highest BCUT2D eigenvalue weighted by molar-refractivity contribution is 6.31. The molecule has 2 heterocycles. The summed E-state index contributed by atoms with van der Waals surface area (Å²) < 4.78 is 14.4. The van der Waals surface area contributed by atoms with Gasteiger partial charge in [-0.25, -0.2) is 9.07 Å². The number of hydrogen-bond donors (Lipinski definition) is 2. The molecule has 0 unspecified atom stereocenters. The van der Waals surface area contributed by atoms with Crippen molar-refractivity contribution in [3.05, 3.63) is 35.4 Å². The summed E-state index contributed by atoms with van der Waals surface area (Å²) in [5.74, 6) is -1.03. The first-order valence-electron chi connectivity index (χ1n) is 6.00. The smallest absolute Gasteiger partial charge is 0.252 e. The second kappa shape index (κ2) is 5.13. The Morgan fingerprint density at radius 2 is 2.33 bits per heavy atom. The van der Waals surface area contributed by atoms with Crippen LogP contribution in [0, 0.1) is 5.82 Å². The maximum absolute atomic E-state index is 13.0. The number of halogens is 2. The summed E-state index contributed by atoms with van der Waals surface area (Å²) in [6.07, 6.45) is 1.18. The number of nitrogens with zero attached hydrogens (tertiary/aromatic N) is 3. The molecule has 0 radical (unpaired) electrons. The molecule has 1 aromatic heterocycles. The Hall–Kier alpha value is -2.48. The van der Waals surface area contributed by atoms with E-state index in [-0.39, 0.29) is 17.4 Å². The van der Waals surface area contributed by atoms with Crippen LogP contribution in [0.5, 0.6) is 0 Å². The minimum Gasteiger partial charge on any atom is -0.326 e. The second-order valence-corrected chi connectivity index (χ2v) is 4.82. The van der Waals surface area contributed by atoms with Crippen molar-refractivity contribution in [2.45, 2.75) is 12.5 Å². The number of aromatic nitrogens is 3. The first kappa shape index (κ1) is 13.5. The van der Waals surface area contributed by atoms with Crippen LogP contribution in [0.25, 0.3) is 0 Å². The van der Waals surface area contributed by atoms with E-state index in [1.165, 1.54) is 23.1 Å². The quantitative estimate of drug-likeness (QED) is 0.901. The molecule has 0 bridgehead atoms. The van der Waals surface area contributed by atoms with Gasteiger partial charge in [-0.1, -0.05) is 11.6 Å². The topological polar surface area (TPSA) is 88.9 Å². The van der Waals surface area contributed by atoms with Gasteiger partial charge in [0.05, 0.1) is 11.4 Å². The van der Waals surface area contributed by atoms with E-state index in [9.17, 15) is 14.0 Å². The van der Waals surface area contributed by atoms with E-state index in [1.54, 1.807) is 0 Å². The average molecular weight is 310 g/mol. The Morgan fingerprint density at radius 3 is 3.10 bits per heavy atom. The molecule has 2 N–H and O–H groups in total. The van der Waals surface area contributed by atoms with E-state index < -0.39 is 17.8 Å². The molecule has 0 fully saturated rings. The molecular formula is C12H9ClFN5O2. The number of amides is 2. The highest BCUT2D eigenvalue weighted by Gasteiger charge is 2.33. The van der Waals surface area contributed by atoms with Crippen LogP contribution in [-0.4, -0.2) is 26.6 Å². The standard InChI is InChI=1S/C12H9ClFN5O2/c13-7-3-6(1-2-8(7)14)17-10(20)4-9-11(21)18-12-15-5-16-19(9)12/h1-3,5,9H,4H2,(H,17,20)(H,15,16,18,21)/t9-/m1/s1. The van der Waals surface area contributed by atoms with E-state index in [2.05, 4.69) is 20.7 Å². The molecule has 0 spiro atoms. The summed E-state index contributed by atoms with van der Waals surface area (Å²) >= 11 is 5.63. The van der Waals surface area contributed by atoms with Crippen LogP contribution >= 0.6 is 11.6 Å². The van der Waals surface area contributed by atoms with Crippen LogP contribution in [0.15, 0.2) is 24.5 Å². The predicted octanol–water partition coefficient (Wildman–Crippen LogP) is 1.59. The Balaban J connectivity index is 1.70. The lowest BCUT2D eigenvalue weighted by molar-refractivity contribution is -0.123. The zero-order valence-corrected chi connectivity index (χ0v) is 11.3. The van der Waals surface area contributed by atoms with Crippen LogP contribution in [0.4, 0.5) is 16.0 Å². The van der Waals surface area contributed by atoms with E-state index >= 15 is 0 Å². The number of carbonyl (C=O) groups excluding carboxylic acids is 2. The third-order valence-electron chi connectivity index (χ3n) is 2.99. The fraction of sp³-hybridized carbons (Fsp3) is 0.167. The van der Waals surface area contributed by atoms with Gasteiger partial charge in [0.15, 0.2) is 0 Å². The van der Waals surface area contributed by atoms with Crippen LogP contribution in [0.1, 0.15) is 12.5 Å². The number of rotatable bonds is 3. The van der Waals surface area contributed by atoms with Crippen molar-refractivity contribution >= 4 is 35.1 Å². The predicted molar refractivity (Wildman–Crippen MR) is 72.3 cm³/mol. The molecule has 3 rings (SSSR count). The molecule has 2 aromatic rings. The summed E-state index contributed by atoms with van der Waals surface area (Å²) in [6, 6.07) is 3.08. The van der Waals surface area contributed by atoms with Gasteiger partial charge >= 0.3 is 0 Å². The van der Waals surface area contributed by atoms with Crippen molar-refractivity contribution in [3.63, 3.8) is 0 Å². The number of anilines is 2. The molecule has 7 nitrogen and oxygen atoms in total. The fourth-order valence-corrected chi connectivity index (χ4v) is 2.19. The molecular weight excluding hydrogens is 301 g/mol. The van der Waals surface area contributed by atoms with Crippen molar-refractivity contribution in [2.24, 2.45) is 0 Å². The monoisotopic (exact) mass is 309 g/mol. The molecule has 2 amide bonds. The first-order valence-corrected chi connectivity index (χ1v) is 6.37. The van der Waals surface area contributed by atoms with Gasteiger partial charge in [-0.3, -0.25) is 14.9 Å². The number of benzene rings is 1. The van der Waals surface area contributed by atoms with Gasteiger partial charge < -0.3 is 5.32 Å². The lowest BCUT2D eigenvalue weighted by atomic mass is 10.2. The highest BCUT2D eigenvalue weighted by Crippen LogP contribution is 2.25. The number of carbonyl (C=O) groups is 2. The minimum absolute atomic E-state index is 0.0926. The second-order valence-electron chi connectivity index (χ2n) is 4.41. The zero-order valence-electron chi connectivity index (χ0n) is 10.5. The molecule has 0 saturated heterocycles. The van der Waals surface area contributed by atoms with Gasteiger partial charge in [-0.2, -0.15) is 10.1 Å². The largest absolute Gasteiger partial charge is 0.326 e. The average Bonchev–Trinajstić information content (AvgIpc) is 2.97. The molecule has 1 aromatic carbocycles. The maximum Gasteiger partial charge on any atom is 0.252 e. The van der Waals surface area contributed by atoms with E-state index in [0.29, 0.717) is 11.6 Å². The zero-order chi connectivity index (χ0) is 15.0. The Kier molecular flexibility index (Phi) is 3.30. The number of hydrogen-bond acceptors (Lipinski definition) is 4. The Bertz CT molecular complexity index is 732. The summed E-state index contributed by atoms with van der Waals surface area (Å²) in [4.78, 5) is 27.5. The molecule has 21 heavy (non-hydrogen) atoms. The Morgan fingerprint density at radius 1 is 1.52 bits per heavy atom. The summed E-state index contributed by atoms with van der Waals surface area (Å²) in [5.41, 5.74) is 0.351. The van der Waals surface area contributed by atoms with Crippen molar-refractivity contribution in [1.82, 2.24) is 14.8 Å². The Labute approximate surface area is 123 Å². The molecule has 1 aliphatic rings. The van der Waals surface area contributed by atoms with Crippen LogP contribution < -0.4 is 10.6 Å². The first-order chi connectivity index (χ1) is 10.0. The van der Waals surface area contributed by atoms with Gasteiger partial charge in [0, 0.05) is 5.69 Å². The lowest BCUT2D eigenvalue weighted by Crippen LogP contribution is -2.23. The van der Waals surface area contributed by atoms with Gasteiger partial charge in [-0.15, -0.1) is 0 Å². The summed E-state index contributed by atoms with van der Waals surface area (Å²) in [5, 5.41) is 8.86. The van der Waals surface area contributed by atoms with Crippen molar-refractivity contribution < 1.29 is 14.0 Å². The van der Waals surface area contributed by atoms with Gasteiger partial charge in [-0.05, 0) is 18.2 Å². The van der Waals surface area contributed by atoms with Crippen molar-refractivity contribution in [1.29, 1.82) is 0 Å². The molecule has 1 aliphatic heterocycles. The third-order valence-corrected chi connectivity index (χ3v) is 3.28. The van der Waals surface area contributed by atoms with Gasteiger partial charge in [0.2, 0.25) is 11.9 Å². The lowest BCUT2D eigenvalue weighted by Gasteiger charge is -2.10. The van der Waals surface area contributed by atoms with Crippen molar-refractivity contribution in [3.8, 4) is 0 Å². The SMILES string of the molecule is O=C(C[C@@H]1C(=O)Nc2ncnn21)Nc1ccc(F)c(Cl)c1. The van der Waals surface area contributed by atoms with Gasteiger partial charge in [0.1, 0.15) is 18.2 Å². The third kappa shape index (κ3) is 2.57. The van der Waals surface area contributed by atoms with E-state index in [0.717, 1.165) is 6.07 Å². The molecule has 9 heteroatoms. The number of nitrogens with one attached hydrogen (secondary N) is 2. The molecule has 108 valence electrons. The van der Waals surface area contributed by atoms with Crippen LogP contribution in [0.2, 0.25) is 5.02 Å². The van der Waals surface area contributed by atoms with Crippen LogP contribution in [-0.2, 0) is 9.59 Å². The molecule has 0 saturated carbocycles. The van der Waals surface area contributed by atoms with E-state index in [1.807, 2.05) is 0 Å².